The summed E-state index contributed by atoms with van der Waals surface area (Å²) in [6.07, 6.45) is 1.04. The van der Waals surface area contributed by atoms with E-state index in [0.717, 1.165) is 49.7 Å². The summed E-state index contributed by atoms with van der Waals surface area (Å²) < 4.78 is 0. The lowest BCUT2D eigenvalue weighted by atomic mass is 10.0. The van der Waals surface area contributed by atoms with Crippen LogP contribution in [0.5, 0.6) is 0 Å². The van der Waals surface area contributed by atoms with Crippen molar-refractivity contribution in [3.63, 3.8) is 0 Å². The summed E-state index contributed by atoms with van der Waals surface area (Å²) >= 11 is 0. The maximum absolute atomic E-state index is 12.4. The fraction of sp³-hybridized carbons (Fsp3) is 0.391. The first-order chi connectivity index (χ1) is 13.7. The molecule has 2 aromatic carbocycles. The van der Waals surface area contributed by atoms with E-state index in [-0.39, 0.29) is 5.91 Å². The third-order valence-corrected chi connectivity index (χ3v) is 5.34. The third kappa shape index (κ3) is 4.53. The highest BCUT2D eigenvalue weighted by Gasteiger charge is 2.18. The Morgan fingerprint density at radius 3 is 2.39 bits per heavy atom. The van der Waals surface area contributed by atoms with Crippen LogP contribution in [0.3, 0.4) is 0 Å². The fourth-order valence-electron chi connectivity index (χ4n) is 3.65. The molecule has 0 atom stereocenters. The monoisotopic (exact) mass is 378 g/mol. The summed E-state index contributed by atoms with van der Waals surface area (Å²) in [4.78, 5) is 21.0. The number of nitrogens with one attached hydrogen (secondary N) is 1. The van der Waals surface area contributed by atoms with E-state index in [4.69, 9.17) is 0 Å². The molecule has 1 N–H and O–H groups in total. The van der Waals surface area contributed by atoms with Crippen molar-refractivity contribution in [3.05, 3.63) is 70.8 Å². The quantitative estimate of drug-likeness (QED) is 0.641. The molecule has 0 aromatic heterocycles. The molecule has 0 aliphatic carbocycles. The molecule has 1 aliphatic rings. The molecule has 148 valence electrons. The number of carbonyl (C=O) groups excluding carboxylic acids is 1. The van der Waals surface area contributed by atoms with Crippen molar-refractivity contribution in [1.29, 1.82) is 0 Å². The van der Waals surface area contributed by atoms with E-state index in [9.17, 15) is 4.79 Å². The van der Waals surface area contributed by atoms with Gasteiger partial charge in [0, 0.05) is 45.3 Å². The summed E-state index contributed by atoms with van der Waals surface area (Å²) in [5.41, 5.74) is 4.68. The smallest absolute Gasteiger partial charge is 0.253 e. The van der Waals surface area contributed by atoms with Crippen LogP contribution in [0.15, 0.2) is 53.5 Å². The maximum atomic E-state index is 12.4. The summed E-state index contributed by atoms with van der Waals surface area (Å²) in [5, 5.41) is 3.46. The van der Waals surface area contributed by atoms with E-state index in [1.54, 1.807) is 0 Å². The standard InChI is InChI=1S/C23H30N4O/c1-4-26(5-2)22(28)20-12-10-18(11-13-20)16-25-23(24-3)27-15-14-19-8-6-7-9-21(19)17-27/h6-13H,4-5,14-17H2,1-3H3,(H,24,25). The zero-order valence-electron chi connectivity index (χ0n) is 17.1. The Morgan fingerprint density at radius 2 is 1.75 bits per heavy atom. The molecule has 1 amide bonds. The highest BCUT2D eigenvalue weighted by atomic mass is 16.2. The predicted octanol–water partition coefficient (Wildman–Crippen LogP) is 3.30. The second kappa shape index (κ2) is 9.40. The van der Waals surface area contributed by atoms with Gasteiger partial charge in [-0.25, -0.2) is 0 Å². The number of carbonyl (C=O) groups is 1. The lowest BCUT2D eigenvalue weighted by Gasteiger charge is -2.31. The molecule has 0 saturated heterocycles. The van der Waals surface area contributed by atoms with Crippen LogP contribution in [0.1, 0.15) is 40.9 Å². The zero-order valence-corrected chi connectivity index (χ0v) is 17.1. The van der Waals surface area contributed by atoms with Gasteiger partial charge in [-0.15, -0.1) is 0 Å². The van der Waals surface area contributed by atoms with Crippen molar-refractivity contribution in [3.8, 4) is 0 Å². The Labute approximate surface area is 168 Å². The van der Waals surface area contributed by atoms with Gasteiger partial charge < -0.3 is 15.1 Å². The SMILES string of the molecule is CCN(CC)C(=O)c1ccc(CNC(=NC)N2CCc3ccccc3C2)cc1. The van der Waals surface area contributed by atoms with E-state index >= 15 is 0 Å². The first kappa shape index (κ1) is 19.9. The number of hydrogen-bond acceptors (Lipinski definition) is 2. The molecule has 5 heteroatoms. The highest BCUT2D eigenvalue weighted by Crippen LogP contribution is 2.18. The van der Waals surface area contributed by atoms with Gasteiger partial charge in [0.15, 0.2) is 5.96 Å². The summed E-state index contributed by atoms with van der Waals surface area (Å²) in [7, 11) is 1.83. The Kier molecular flexibility index (Phi) is 6.69. The van der Waals surface area contributed by atoms with Crippen molar-refractivity contribution in [1.82, 2.24) is 15.1 Å². The number of rotatable bonds is 5. The Bertz CT molecular complexity index is 825. The lowest BCUT2D eigenvalue weighted by molar-refractivity contribution is 0.0773. The van der Waals surface area contributed by atoms with Gasteiger partial charge >= 0.3 is 0 Å². The molecule has 0 fully saturated rings. The second-order valence-electron chi connectivity index (χ2n) is 7.02. The van der Waals surface area contributed by atoms with Gasteiger partial charge in [-0.1, -0.05) is 36.4 Å². The normalized spacial score (nSPS) is 13.8. The van der Waals surface area contributed by atoms with Crippen LogP contribution < -0.4 is 5.32 Å². The molecule has 1 aliphatic heterocycles. The summed E-state index contributed by atoms with van der Waals surface area (Å²) in [6, 6.07) is 16.5. The van der Waals surface area contributed by atoms with E-state index in [2.05, 4.69) is 39.5 Å². The second-order valence-corrected chi connectivity index (χ2v) is 7.02. The van der Waals surface area contributed by atoms with E-state index in [0.29, 0.717) is 6.54 Å². The Morgan fingerprint density at radius 1 is 1.07 bits per heavy atom. The average molecular weight is 379 g/mol. The molecule has 0 unspecified atom stereocenters. The van der Waals surface area contributed by atoms with E-state index in [1.165, 1.54) is 11.1 Å². The Balaban J connectivity index is 1.59. The number of nitrogens with zero attached hydrogens (tertiary/aromatic N) is 3. The molecule has 5 nitrogen and oxygen atoms in total. The molecular formula is C23H30N4O. The van der Waals surface area contributed by atoms with Gasteiger partial charge in [0.25, 0.3) is 5.91 Å². The van der Waals surface area contributed by atoms with Crippen LogP contribution in [0.4, 0.5) is 0 Å². The van der Waals surface area contributed by atoms with Crippen LogP contribution >= 0.6 is 0 Å². The molecule has 2 aromatic rings. The van der Waals surface area contributed by atoms with Crippen molar-refractivity contribution >= 4 is 11.9 Å². The molecular weight excluding hydrogens is 348 g/mol. The molecule has 1 heterocycles. The topological polar surface area (TPSA) is 47.9 Å². The van der Waals surface area contributed by atoms with Gasteiger partial charge in [-0.3, -0.25) is 9.79 Å². The van der Waals surface area contributed by atoms with Crippen molar-refractivity contribution < 1.29 is 4.79 Å². The van der Waals surface area contributed by atoms with Crippen molar-refractivity contribution in [2.24, 2.45) is 4.99 Å². The van der Waals surface area contributed by atoms with Crippen LogP contribution in [-0.4, -0.2) is 48.3 Å². The van der Waals surface area contributed by atoms with Crippen LogP contribution in [-0.2, 0) is 19.5 Å². The summed E-state index contributed by atoms with van der Waals surface area (Å²) in [5.74, 6) is 1.00. The predicted molar refractivity (Wildman–Crippen MR) is 114 cm³/mol. The first-order valence-corrected chi connectivity index (χ1v) is 10.1. The number of hydrogen-bond donors (Lipinski definition) is 1. The van der Waals surface area contributed by atoms with Gasteiger partial charge in [0.05, 0.1) is 0 Å². The maximum Gasteiger partial charge on any atom is 0.253 e. The lowest BCUT2D eigenvalue weighted by Crippen LogP contribution is -2.43. The van der Waals surface area contributed by atoms with Crippen LogP contribution in [0.25, 0.3) is 0 Å². The molecule has 28 heavy (non-hydrogen) atoms. The molecule has 3 rings (SSSR count). The average Bonchev–Trinajstić information content (AvgIpc) is 2.75. The van der Waals surface area contributed by atoms with Gasteiger partial charge in [0.1, 0.15) is 0 Å². The van der Waals surface area contributed by atoms with Gasteiger partial charge in [-0.2, -0.15) is 0 Å². The number of fused-ring (bicyclic) bond motifs is 1. The molecule has 0 bridgehead atoms. The zero-order chi connectivity index (χ0) is 19.9. The minimum Gasteiger partial charge on any atom is -0.352 e. The third-order valence-electron chi connectivity index (χ3n) is 5.34. The van der Waals surface area contributed by atoms with Crippen LogP contribution in [0, 0.1) is 0 Å². The molecule has 0 radical (unpaired) electrons. The molecule has 0 saturated carbocycles. The number of guanidine groups is 1. The highest BCUT2D eigenvalue weighted by molar-refractivity contribution is 5.94. The Hall–Kier alpha value is -2.82. The molecule has 0 spiro atoms. The number of benzene rings is 2. The van der Waals surface area contributed by atoms with E-state index in [1.807, 2.05) is 50.1 Å². The van der Waals surface area contributed by atoms with Crippen molar-refractivity contribution in [2.45, 2.75) is 33.4 Å². The van der Waals surface area contributed by atoms with E-state index < -0.39 is 0 Å². The minimum absolute atomic E-state index is 0.0901. The number of amides is 1. The largest absolute Gasteiger partial charge is 0.352 e. The van der Waals surface area contributed by atoms with Gasteiger partial charge in [0.2, 0.25) is 0 Å². The summed E-state index contributed by atoms with van der Waals surface area (Å²) in [6.45, 7) is 8.00. The fourth-order valence-corrected chi connectivity index (χ4v) is 3.65. The van der Waals surface area contributed by atoms with Gasteiger partial charge in [-0.05, 0) is 49.1 Å². The first-order valence-electron chi connectivity index (χ1n) is 10.1. The number of aliphatic imine (C=N–C) groups is 1. The van der Waals surface area contributed by atoms with Crippen LogP contribution in [0.2, 0.25) is 0 Å². The minimum atomic E-state index is 0.0901. The van der Waals surface area contributed by atoms with Crippen molar-refractivity contribution in [2.75, 3.05) is 26.7 Å².